The van der Waals surface area contributed by atoms with Gasteiger partial charge in [-0.15, -0.1) is 11.3 Å². The Morgan fingerprint density at radius 3 is 2.50 bits per heavy atom. The Bertz CT molecular complexity index is 1260. The van der Waals surface area contributed by atoms with Crippen molar-refractivity contribution in [3.05, 3.63) is 69.8 Å². The third-order valence-corrected chi connectivity index (χ3v) is 7.62. The molecule has 3 aromatic rings. The van der Waals surface area contributed by atoms with Crippen molar-refractivity contribution in [2.24, 2.45) is 0 Å². The highest BCUT2D eigenvalue weighted by molar-refractivity contribution is 7.92. The monoisotopic (exact) mass is 512 g/mol. The maximum absolute atomic E-state index is 14.6. The maximum Gasteiger partial charge on any atom is 0.268 e. The Hall–Kier alpha value is -2.67. The van der Waals surface area contributed by atoms with Crippen LogP contribution in [-0.4, -0.2) is 44.1 Å². The number of nitrogens with one attached hydrogen (secondary N) is 2. The number of rotatable bonds is 9. The molecule has 0 radical (unpaired) electrons. The molecule has 2 aromatic carbocycles. The number of hydrogen-bond acceptors (Lipinski definition) is 7. The number of aromatic nitrogens is 1. The first kappa shape index (κ1) is 24.5. The van der Waals surface area contributed by atoms with E-state index < -0.39 is 32.4 Å². The van der Waals surface area contributed by atoms with E-state index in [1.54, 1.807) is 19.2 Å². The molecule has 1 aliphatic rings. The Balaban J connectivity index is 1.49. The van der Waals surface area contributed by atoms with Crippen molar-refractivity contribution in [2.45, 2.75) is 30.5 Å². The molecule has 0 saturated carbocycles. The molecule has 0 bridgehead atoms. The summed E-state index contributed by atoms with van der Waals surface area (Å²) >= 11 is 1.13. The van der Waals surface area contributed by atoms with Gasteiger partial charge >= 0.3 is 0 Å². The zero-order valence-electron chi connectivity index (χ0n) is 18.4. The van der Waals surface area contributed by atoms with E-state index in [-0.39, 0.29) is 23.7 Å². The van der Waals surface area contributed by atoms with E-state index in [4.69, 9.17) is 4.74 Å². The Labute approximate surface area is 199 Å². The minimum Gasteiger partial charge on any atom is -0.381 e. The number of halogens is 3. The zero-order valence-corrected chi connectivity index (χ0v) is 20.1. The Morgan fingerprint density at radius 1 is 1.18 bits per heavy atom. The average molecular weight is 513 g/mol. The average Bonchev–Trinajstić information content (AvgIpc) is 3.23. The van der Waals surface area contributed by atoms with Gasteiger partial charge in [-0.3, -0.25) is 9.62 Å². The van der Waals surface area contributed by atoms with E-state index in [0.717, 1.165) is 29.0 Å². The van der Waals surface area contributed by atoms with Crippen LogP contribution in [0.5, 0.6) is 0 Å². The van der Waals surface area contributed by atoms with Gasteiger partial charge in [0.05, 0.1) is 11.1 Å². The molecule has 0 atom stereocenters. The van der Waals surface area contributed by atoms with Gasteiger partial charge in [-0.05, 0) is 30.7 Å². The largest absolute Gasteiger partial charge is 0.381 e. The summed E-state index contributed by atoms with van der Waals surface area (Å²) in [5.41, 5.74) is 2.23. The SMILES string of the molecule is COC1(C)CN(Cc2cccc(F)c2CNc2cc(F)c(S(=O)(=O)Nc3cscn3)c(F)c2)C1. The molecule has 1 aliphatic heterocycles. The summed E-state index contributed by atoms with van der Waals surface area (Å²) < 4.78 is 76.2. The van der Waals surface area contributed by atoms with Crippen LogP contribution in [-0.2, 0) is 27.8 Å². The van der Waals surface area contributed by atoms with Gasteiger partial charge in [0.25, 0.3) is 10.0 Å². The van der Waals surface area contributed by atoms with Crippen molar-refractivity contribution in [2.75, 3.05) is 30.2 Å². The summed E-state index contributed by atoms with van der Waals surface area (Å²) in [7, 11) is -2.87. The molecule has 4 rings (SSSR count). The van der Waals surface area contributed by atoms with Crippen LogP contribution in [0.25, 0.3) is 0 Å². The second-order valence-electron chi connectivity index (χ2n) is 8.28. The van der Waals surface area contributed by atoms with Gasteiger partial charge in [0.15, 0.2) is 10.7 Å². The molecule has 2 N–H and O–H groups in total. The number of methoxy groups -OCH3 is 1. The summed E-state index contributed by atoms with van der Waals surface area (Å²) in [5.74, 6) is -3.05. The van der Waals surface area contributed by atoms with Crippen LogP contribution in [0.3, 0.4) is 0 Å². The topological polar surface area (TPSA) is 83.6 Å². The fourth-order valence-electron chi connectivity index (χ4n) is 3.89. The minimum atomic E-state index is -4.52. The fraction of sp³-hybridized carbons (Fsp3) is 0.318. The molecule has 1 aromatic heterocycles. The second-order valence-corrected chi connectivity index (χ2v) is 10.6. The fourth-order valence-corrected chi connectivity index (χ4v) is 5.57. The Kier molecular flexibility index (Phi) is 6.85. The van der Waals surface area contributed by atoms with Crippen LogP contribution >= 0.6 is 11.3 Å². The summed E-state index contributed by atoms with van der Waals surface area (Å²) in [6.45, 7) is 3.86. The van der Waals surface area contributed by atoms with Gasteiger partial charge in [0.1, 0.15) is 17.5 Å². The van der Waals surface area contributed by atoms with E-state index >= 15 is 0 Å². The smallest absolute Gasteiger partial charge is 0.268 e. The molecule has 0 spiro atoms. The predicted octanol–water partition coefficient (Wildman–Crippen LogP) is 4.19. The quantitative estimate of drug-likeness (QED) is 0.447. The summed E-state index contributed by atoms with van der Waals surface area (Å²) in [6.07, 6.45) is 0. The highest BCUT2D eigenvalue weighted by Crippen LogP contribution is 2.29. The summed E-state index contributed by atoms with van der Waals surface area (Å²) in [4.78, 5) is 4.74. The van der Waals surface area contributed by atoms with Crippen molar-refractivity contribution < 1.29 is 26.3 Å². The third-order valence-electron chi connectivity index (χ3n) is 5.63. The number of thiazole rings is 1. The minimum absolute atomic E-state index is 0.0206. The number of likely N-dealkylation sites (tertiary alicyclic amines) is 1. The van der Waals surface area contributed by atoms with Gasteiger partial charge in [-0.2, -0.15) is 0 Å². The van der Waals surface area contributed by atoms with Gasteiger partial charge < -0.3 is 10.1 Å². The number of benzene rings is 2. The van der Waals surface area contributed by atoms with E-state index in [2.05, 4.69) is 15.2 Å². The van der Waals surface area contributed by atoms with Crippen LogP contribution in [0.4, 0.5) is 24.7 Å². The lowest BCUT2D eigenvalue weighted by Gasteiger charge is -2.47. The molecule has 0 aliphatic carbocycles. The molecule has 34 heavy (non-hydrogen) atoms. The van der Waals surface area contributed by atoms with Gasteiger partial charge in [-0.25, -0.2) is 26.6 Å². The number of anilines is 2. The summed E-state index contributed by atoms with van der Waals surface area (Å²) in [6, 6.07) is 6.44. The van der Waals surface area contributed by atoms with Crippen LogP contribution < -0.4 is 10.0 Å². The molecule has 1 saturated heterocycles. The first-order valence-electron chi connectivity index (χ1n) is 10.3. The first-order chi connectivity index (χ1) is 16.1. The first-order valence-corrected chi connectivity index (χ1v) is 12.7. The number of sulfonamides is 1. The highest BCUT2D eigenvalue weighted by Gasteiger charge is 2.38. The van der Waals surface area contributed by atoms with Crippen LogP contribution in [0, 0.1) is 17.5 Å². The molecule has 0 unspecified atom stereocenters. The third kappa shape index (κ3) is 5.19. The van der Waals surface area contributed by atoms with Crippen molar-refractivity contribution >= 4 is 32.9 Å². The molecule has 12 heteroatoms. The second kappa shape index (κ2) is 9.53. The zero-order chi connectivity index (χ0) is 24.5. The molecular formula is C22H23F3N4O3S2. The highest BCUT2D eigenvalue weighted by atomic mass is 32.2. The number of hydrogen-bond donors (Lipinski definition) is 2. The molecule has 7 nitrogen and oxygen atoms in total. The van der Waals surface area contributed by atoms with Crippen molar-refractivity contribution in [1.29, 1.82) is 0 Å². The van der Waals surface area contributed by atoms with Crippen molar-refractivity contribution in [1.82, 2.24) is 9.88 Å². The Morgan fingerprint density at radius 2 is 1.88 bits per heavy atom. The number of ether oxygens (including phenoxy) is 1. The van der Waals surface area contributed by atoms with Crippen LogP contribution in [0.2, 0.25) is 0 Å². The normalized spacial score (nSPS) is 15.7. The van der Waals surface area contributed by atoms with Gasteiger partial charge in [0.2, 0.25) is 0 Å². The molecule has 0 amide bonds. The molecular weight excluding hydrogens is 489 g/mol. The van der Waals surface area contributed by atoms with E-state index in [9.17, 15) is 21.6 Å². The van der Waals surface area contributed by atoms with Crippen LogP contribution in [0.1, 0.15) is 18.1 Å². The van der Waals surface area contributed by atoms with E-state index in [1.807, 2.05) is 11.6 Å². The van der Waals surface area contributed by atoms with Crippen molar-refractivity contribution in [3.8, 4) is 0 Å². The summed E-state index contributed by atoms with van der Waals surface area (Å²) in [5, 5.41) is 4.19. The standard InChI is InChI=1S/C22H23F3N4O3S2/c1-22(32-2)11-29(12-22)9-14-4-3-5-17(23)16(14)8-26-15-6-18(24)21(19(25)7-15)34(30,31)28-20-10-33-13-27-20/h3-7,10,13,26,28H,8-9,11-12H2,1-2H3. The molecule has 2 heterocycles. The lowest BCUT2D eigenvalue weighted by Crippen LogP contribution is -2.60. The van der Waals surface area contributed by atoms with Crippen molar-refractivity contribution in [3.63, 3.8) is 0 Å². The lowest BCUT2D eigenvalue weighted by molar-refractivity contribution is -0.114. The molecule has 1 fully saturated rings. The number of nitrogens with zero attached hydrogens (tertiary/aromatic N) is 2. The van der Waals surface area contributed by atoms with E-state index in [1.165, 1.54) is 17.0 Å². The predicted molar refractivity (Wildman–Crippen MR) is 124 cm³/mol. The van der Waals surface area contributed by atoms with Gasteiger partial charge in [-0.1, -0.05) is 12.1 Å². The van der Waals surface area contributed by atoms with Crippen LogP contribution in [0.15, 0.2) is 46.1 Å². The molecule has 182 valence electrons. The van der Waals surface area contributed by atoms with E-state index in [0.29, 0.717) is 25.2 Å². The maximum atomic E-state index is 14.6. The lowest BCUT2D eigenvalue weighted by atomic mass is 9.95. The van der Waals surface area contributed by atoms with Gasteiger partial charge in [0, 0.05) is 49.9 Å².